The molecule has 1 aliphatic carbocycles. The zero-order valence-corrected chi connectivity index (χ0v) is 10.1. The van der Waals surface area contributed by atoms with Crippen LogP contribution in [0.25, 0.3) is 0 Å². The summed E-state index contributed by atoms with van der Waals surface area (Å²) in [5.74, 6) is 0.0436. The first-order valence-corrected chi connectivity index (χ1v) is 5.77. The van der Waals surface area contributed by atoms with E-state index in [9.17, 15) is 14.9 Å². The largest absolute Gasteiger partial charge is 0.361 e. The maximum atomic E-state index is 11.4. The quantitative estimate of drug-likeness (QED) is 0.478. The standard InChI is InChI=1S/C10H11ClN4O3/c11-8-3-7(15(17)18)4-9(14-8)12-5-10(16)13-6-1-2-6/h3-4,6H,1-2,5H2,(H,12,14)(H,13,16). The minimum atomic E-state index is -0.566. The fourth-order valence-corrected chi connectivity index (χ4v) is 1.56. The van der Waals surface area contributed by atoms with Crippen LogP contribution in [0.4, 0.5) is 11.5 Å². The van der Waals surface area contributed by atoms with E-state index in [0.717, 1.165) is 18.9 Å². The summed E-state index contributed by atoms with van der Waals surface area (Å²) in [6.45, 7) is 0.0149. The number of nitro groups is 1. The summed E-state index contributed by atoms with van der Waals surface area (Å²) < 4.78 is 0. The van der Waals surface area contributed by atoms with Gasteiger partial charge in [0.25, 0.3) is 5.69 Å². The van der Waals surface area contributed by atoms with Crippen molar-refractivity contribution >= 4 is 29.0 Å². The average Bonchev–Trinajstić information content (AvgIpc) is 3.09. The van der Waals surface area contributed by atoms with Crippen LogP contribution in [0, 0.1) is 10.1 Å². The van der Waals surface area contributed by atoms with Gasteiger partial charge in [0.2, 0.25) is 5.91 Å². The molecule has 0 aromatic carbocycles. The molecule has 7 nitrogen and oxygen atoms in total. The summed E-state index contributed by atoms with van der Waals surface area (Å²) in [5.41, 5.74) is -0.167. The lowest BCUT2D eigenvalue weighted by molar-refractivity contribution is -0.384. The number of rotatable bonds is 5. The van der Waals surface area contributed by atoms with Crippen LogP contribution in [0.1, 0.15) is 12.8 Å². The van der Waals surface area contributed by atoms with Gasteiger partial charge in [0, 0.05) is 6.04 Å². The predicted octanol–water partition coefficient (Wildman–Crippen LogP) is 1.33. The predicted molar refractivity (Wildman–Crippen MR) is 65.6 cm³/mol. The SMILES string of the molecule is O=C(CNc1cc([N+](=O)[O-])cc(Cl)n1)NC1CC1. The molecular weight excluding hydrogens is 260 g/mol. The molecule has 1 heterocycles. The summed E-state index contributed by atoms with van der Waals surface area (Å²) in [6, 6.07) is 2.66. The molecule has 96 valence electrons. The second-order valence-electron chi connectivity index (χ2n) is 3.99. The number of pyridine rings is 1. The minimum absolute atomic E-state index is 0.00861. The van der Waals surface area contributed by atoms with Crippen LogP contribution < -0.4 is 10.6 Å². The monoisotopic (exact) mass is 270 g/mol. The fourth-order valence-electron chi connectivity index (χ4n) is 1.36. The van der Waals surface area contributed by atoms with E-state index in [1.165, 1.54) is 6.07 Å². The Bertz CT molecular complexity index is 490. The number of aromatic nitrogens is 1. The summed E-state index contributed by atoms with van der Waals surface area (Å²) in [6.07, 6.45) is 2.01. The number of hydrogen-bond acceptors (Lipinski definition) is 5. The molecule has 0 aliphatic heterocycles. The first-order chi connectivity index (χ1) is 8.54. The highest BCUT2D eigenvalue weighted by Gasteiger charge is 2.23. The number of carbonyl (C=O) groups is 1. The van der Waals surface area contributed by atoms with Crippen molar-refractivity contribution in [2.45, 2.75) is 18.9 Å². The number of hydrogen-bond donors (Lipinski definition) is 2. The normalized spacial score (nSPS) is 14.1. The highest BCUT2D eigenvalue weighted by Crippen LogP contribution is 2.20. The van der Waals surface area contributed by atoms with Crippen molar-refractivity contribution in [3.05, 3.63) is 27.4 Å². The lowest BCUT2D eigenvalue weighted by Crippen LogP contribution is -2.31. The topological polar surface area (TPSA) is 97.2 Å². The van der Waals surface area contributed by atoms with Crippen molar-refractivity contribution < 1.29 is 9.72 Å². The first-order valence-electron chi connectivity index (χ1n) is 5.40. The number of halogens is 1. The Morgan fingerprint density at radius 1 is 1.56 bits per heavy atom. The smallest absolute Gasteiger partial charge is 0.276 e. The number of carbonyl (C=O) groups excluding carboxylic acids is 1. The number of anilines is 1. The maximum absolute atomic E-state index is 11.4. The molecule has 0 atom stereocenters. The van der Waals surface area contributed by atoms with Gasteiger partial charge in [-0.1, -0.05) is 11.6 Å². The Labute approximate surface area is 108 Å². The molecule has 2 rings (SSSR count). The molecule has 0 radical (unpaired) electrons. The highest BCUT2D eigenvalue weighted by molar-refractivity contribution is 6.29. The van der Waals surface area contributed by atoms with Crippen LogP contribution in [0.2, 0.25) is 5.15 Å². The van der Waals surface area contributed by atoms with Gasteiger partial charge >= 0.3 is 0 Å². The summed E-state index contributed by atoms with van der Waals surface area (Å²) in [5, 5.41) is 16.1. The van der Waals surface area contributed by atoms with Crippen molar-refractivity contribution in [3.63, 3.8) is 0 Å². The van der Waals surface area contributed by atoms with Gasteiger partial charge in [-0.15, -0.1) is 0 Å². The number of amides is 1. The molecular formula is C10H11ClN4O3. The molecule has 8 heteroatoms. The maximum Gasteiger partial charge on any atom is 0.276 e. The lowest BCUT2D eigenvalue weighted by Gasteiger charge is -2.06. The van der Waals surface area contributed by atoms with Gasteiger partial charge in [-0.25, -0.2) is 4.98 Å². The van der Waals surface area contributed by atoms with E-state index in [-0.39, 0.29) is 35.2 Å². The molecule has 1 amide bonds. The molecule has 1 aliphatic rings. The third-order valence-electron chi connectivity index (χ3n) is 2.36. The molecule has 0 unspecified atom stereocenters. The van der Waals surface area contributed by atoms with Crippen molar-refractivity contribution in [2.75, 3.05) is 11.9 Å². The first kappa shape index (κ1) is 12.6. The van der Waals surface area contributed by atoms with Crippen LogP contribution in [0.3, 0.4) is 0 Å². The molecule has 0 saturated heterocycles. The van der Waals surface area contributed by atoms with Gasteiger partial charge < -0.3 is 10.6 Å². The van der Waals surface area contributed by atoms with Crippen LogP contribution in [0.15, 0.2) is 12.1 Å². The van der Waals surface area contributed by atoms with E-state index < -0.39 is 4.92 Å². The van der Waals surface area contributed by atoms with E-state index in [0.29, 0.717) is 0 Å². The Hall–Kier alpha value is -1.89. The Kier molecular flexibility index (Phi) is 3.61. The number of nitrogens with zero attached hydrogens (tertiary/aromatic N) is 2. The van der Waals surface area contributed by atoms with Gasteiger partial charge in [-0.05, 0) is 12.8 Å². The molecule has 1 fully saturated rings. The minimum Gasteiger partial charge on any atom is -0.361 e. The molecule has 0 spiro atoms. The van der Waals surface area contributed by atoms with Crippen molar-refractivity contribution in [2.24, 2.45) is 0 Å². The summed E-state index contributed by atoms with van der Waals surface area (Å²) in [7, 11) is 0. The molecule has 1 aromatic heterocycles. The molecule has 0 bridgehead atoms. The van der Waals surface area contributed by atoms with Crippen molar-refractivity contribution in [1.29, 1.82) is 0 Å². The van der Waals surface area contributed by atoms with Gasteiger partial charge in [-0.2, -0.15) is 0 Å². The Balaban J connectivity index is 1.95. The van der Waals surface area contributed by atoms with E-state index in [1.54, 1.807) is 0 Å². The zero-order valence-electron chi connectivity index (χ0n) is 9.35. The van der Waals surface area contributed by atoms with E-state index in [2.05, 4.69) is 15.6 Å². The Morgan fingerprint density at radius 3 is 2.89 bits per heavy atom. The van der Waals surface area contributed by atoms with Crippen molar-refractivity contribution in [3.8, 4) is 0 Å². The van der Waals surface area contributed by atoms with E-state index >= 15 is 0 Å². The van der Waals surface area contributed by atoms with Gasteiger partial charge in [0.1, 0.15) is 11.0 Å². The van der Waals surface area contributed by atoms with Gasteiger partial charge in [0.15, 0.2) is 0 Å². The Morgan fingerprint density at radius 2 is 2.28 bits per heavy atom. The number of nitrogens with one attached hydrogen (secondary N) is 2. The second kappa shape index (κ2) is 5.18. The van der Waals surface area contributed by atoms with E-state index in [1.807, 2.05) is 0 Å². The van der Waals surface area contributed by atoms with Crippen LogP contribution >= 0.6 is 11.6 Å². The molecule has 1 saturated carbocycles. The van der Waals surface area contributed by atoms with Gasteiger partial charge in [0.05, 0.1) is 23.6 Å². The van der Waals surface area contributed by atoms with Crippen LogP contribution in [0.5, 0.6) is 0 Å². The molecule has 1 aromatic rings. The molecule has 2 N–H and O–H groups in total. The fraction of sp³-hybridized carbons (Fsp3) is 0.400. The highest BCUT2D eigenvalue weighted by atomic mass is 35.5. The average molecular weight is 271 g/mol. The molecule has 18 heavy (non-hydrogen) atoms. The van der Waals surface area contributed by atoms with Crippen LogP contribution in [-0.4, -0.2) is 28.4 Å². The second-order valence-corrected chi connectivity index (χ2v) is 4.37. The third kappa shape index (κ3) is 3.56. The third-order valence-corrected chi connectivity index (χ3v) is 2.56. The lowest BCUT2D eigenvalue weighted by atomic mass is 10.4. The van der Waals surface area contributed by atoms with Crippen LogP contribution in [-0.2, 0) is 4.79 Å². The zero-order chi connectivity index (χ0) is 13.1. The van der Waals surface area contributed by atoms with Crippen molar-refractivity contribution in [1.82, 2.24) is 10.3 Å². The van der Waals surface area contributed by atoms with E-state index in [4.69, 9.17) is 11.6 Å². The summed E-state index contributed by atoms with van der Waals surface area (Å²) >= 11 is 5.65. The van der Waals surface area contributed by atoms with Gasteiger partial charge in [-0.3, -0.25) is 14.9 Å². The summed E-state index contributed by atoms with van der Waals surface area (Å²) in [4.78, 5) is 25.3.